The Morgan fingerprint density at radius 2 is 2.05 bits per heavy atom. The lowest BCUT2D eigenvalue weighted by molar-refractivity contribution is 0.0464. The van der Waals surface area contributed by atoms with Crippen molar-refractivity contribution in [2.75, 3.05) is 18.5 Å². The summed E-state index contributed by atoms with van der Waals surface area (Å²) in [4.78, 5) is 2.38. The Bertz CT molecular complexity index is 500. The number of aliphatic hydroxyl groups excluding tert-OH is 1. The third-order valence-electron chi connectivity index (χ3n) is 3.79. The number of thiocarbonyl (C=S) groups is 1. The van der Waals surface area contributed by atoms with Crippen LogP contribution in [0.3, 0.4) is 0 Å². The van der Waals surface area contributed by atoms with Crippen LogP contribution in [0.1, 0.15) is 29.7 Å². The van der Waals surface area contributed by atoms with Crippen LogP contribution in [0.2, 0.25) is 0 Å². The van der Waals surface area contributed by atoms with E-state index in [2.05, 4.69) is 10.2 Å². The lowest BCUT2D eigenvalue weighted by Crippen LogP contribution is -2.38. The Morgan fingerprint density at radius 1 is 1.42 bits per heavy atom. The van der Waals surface area contributed by atoms with E-state index in [0.717, 1.165) is 42.0 Å². The summed E-state index contributed by atoms with van der Waals surface area (Å²) in [6.45, 7) is 4.70. The number of anilines is 1. The third-order valence-corrected chi connectivity index (χ3v) is 3.99. The van der Waals surface area contributed by atoms with Gasteiger partial charge in [-0.05, 0) is 38.2 Å². The summed E-state index contributed by atoms with van der Waals surface area (Å²) in [6, 6.07) is 0. The summed E-state index contributed by atoms with van der Waals surface area (Å²) in [5, 5.41) is 17.7. The molecule has 104 valence electrons. The number of aryl methyl sites for hydroxylation is 1. The van der Waals surface area contributed by atoms with Crippen LogP contribution < -0.4 is 10.6 Å². The second-order valence-electron chi connectivity index (χ2n) is 5.35. The molecule has 1 aromatic heterocycles. The van der Waals surface area contributed by atoms with E-state index in [0.29, 0.717) is 10.9 Å². The predicted octanol–water partition coefficient (Wildman–Crippen LogP) is 0.935. The SMILES string of the molecule is Cc1nnc(N(C)CC2CC(O)C2)c(C(N)=S)c1C. The zero-order valence-corrected chi connectivity index (χ0v) is 12.4. The maximum absolute atomic E-state index is 9.34. The van der Waals surface area contributed by atoms with Crippen LogP contribution in [0.15, 0.2) is 0 Å². The summed E-state index contributed by atoms with van der Waals surface area (Å²) in [5.74, 6) is 1.24. The highest BCUT2D eigenvalue weighted by molar-refractivity contribution is 7.80. The van der Waals surface area contributed by atoms with Crippen molar-refractivity contribution in [2.24, 2.45) is 11.7 Å². The van der Waals surface area contributed by atoms with Gasteiger partial charge in [0.25, 0.3) is 0 Å². The minimum absolute atomic E-state index is 0.140. The van der Waals surface area contributed by atoms with Crippen LogP contribution in [0, 0.1) is 19.8 Å². The molecule has 1 heterocycles. The molecule has 0 saturated heterocycles. The molecular formula is C13H20N4OS. The van der Waals surface area contributed by atoms with Crippen molar-refractivity contribution in [2.45, 2.75) is 32.8 Å². The van der Waals surface area contributed by atoms with Crippen LogP contribution in [-0.2, 0) is 0 Å². The molecule has 2 rings (SSSR count). The van der Waals surface area contributed by atoms with Crippen LogP contribution >= 0.6 is 12.2 Å². The Hall–Kier alpha value is -1.27. The van der Waals surface area contributed by atoms with E-state index in [-0.39, 0.29) is 6.10 Å². The van der Waals surface area contributed by atoms with Gasteiger partial charge >= 0.3 is 0 Å². The van der Waals surface area contributed by atoms with Gasteiger partial charge < -0.3 is 15.7 Å². The van der Waals surface area contributed by atoms with Gasteiger partial charge in [0.15, 0.2) is 5.82 Å². The average Bonchev–Trinajstić information content (AvgIpc) is 2.29. The Morgan fingerprint density at radius 3 is 2.58 bits per heavy atom. The van der Waals surface area contributed by atoms with E-state index in [9.17, 15) is 5.11 Å². The molecule has 1 aliphatic carbocycles. The molecule has 1 saturated carbocycles. The maximum Gasteiger partial charge on any atom is 0.161 e. The normalized spacial score (nSPS) is 21.9. The fourth-order valence-electron chi connectivity index (χ4n) is 2.48. The second-order valence-corrected chi connectivity index (χ2v) is 5.78. The molecule has 0 atom stereocenters. The van der Waals surface area contributed by atoms with Crippen molar-refractivity contribution in [1.29, 1.82) is 0 Å². The molecule has 3 N–H and O–H groups in total. The summed E-state index contributed by atoms with van der Waals surface area (Å²) in [5.41, 5.74) is 8.46. The van der Waals surface area contributed by atoms with Gasteiger partial charge in [0, 0.05) is 13.6 Å². The Labute approximate surface area is 118 Å². The topological polar surface area (TPSA) is 75.3 Å². The van der Waals surface area contributed by atoms with Crippen molar-refractivity contribution in [3.05, 3.63) is 16.8 Å². The second kappa shape index (κ2) is 5.38. The fraction of sp³-hybridized carbons (Fsp3) is 0.615. The minimum atomic E-state index is -0.140. The van der Waals surface area contributed by atoms with Gasteiger partial charge in [-0.3, -0.25) is 0 Å². The van der Waals surface area contributed by atoms with Crippen LogP contribution in [-0.4, -0.2) is 40.0 Å². The van der Waals surface area contributed by atoms with Gasteiger partial charge in [-0.1, -0.05) is 12.2 Å². The van der Waals surface area contributed by atoms with E-state index in [4.69, 9.17) is 18.0 Å². The van der Waals surface area contributed by atoms with E-state index in [1.165, 1.54) is 0 Å². The molecule has 0 unspecified atom stereocenters. The van der Waals surface area contributed by atoms with Gasteiger partial charge in [0.1, 0.15) is 4.99 Å². The first-order valence-electron chi connectivity index (χ1n) is 6.43. The van der Waals surface area contributed by atoms with Crippen molar-refractivity contribution in [1.82, 2.24) is 10.2 Å². The molecule has 1 aliphatic rings. The minimum Gasteiger partial charge on any atom is -0.393 e. The lowest BCUT2D eigenvalue weighted by Gasteiger charge is -2.35. The molecule has 0 bridgehead atoms. The number of nitrogens with two attached hydrogens (primary N) is 1. The summed E-state index contributed by atoms with van der Waals surface area (Å²) >= 11 is 5.13. The maximum atomic E-state index is 9.34. The highest BCUT2D eigenvalue weighted by Crippen LogP contribution is 2.30. The standard InChI is InChI=1S/C13H20N4OS/c1-7-8(2)15-16-13(11(7)12(14)19)17(3)6-9-4-10(18)5-9/h9-10,18H,4-6H2,1-3H3,(H2,14,19). The monoisotopic (exact) mass is 280 g/mol. The lowest BCUT2D eigenvalue weighted by atomic mass is 9.82. The summed E-state index contributed by atoms with van der Waals surface area (Å²) < 4.78 is 0. The number of rotatable bonds is 4. The number of hydrogen-bond acceptors (Lipinski definition) is 5. The van der Waals surface area contributed by atoms with E-state index < -0.39 is 0 Å². The van der Waals surface area contributed by atoms with Gasteiger partial charge in [-0.2, -0.15) is 5.10 Å². The van der Waals surface area contributed by atoms with E-state index >= 15 is 0 Å². The van der Waals surface area contributed by atoms with Crippen molar-refractivity contribution in [3.8, 4) is 0 Å². The molecule has 1 fully saturated rings. The molecular weight excluding hydrogens is 260 g/mol. The molecule has 6 heteroatoms. The molecule has 19 heavy (non-hydrogen) atoms. The number of aromatic nitrogens is 2. The summed E-state index contributed by atoms with van der Waals surface area (Å²) in [6.07, 6.45) is 1.56. The molecule has 0 radical (unpaired) electrons. The largest absolute Gasteiger partial charge is 0.393 e. The van der Waals surface area contributed by atoms with E-state index in [1.54, 1.807) is 0 Å². The van der Waals surface area contributed by atoms with Crippen molar-refractivity contribution in [3.63, 3.8) is 0 Å². The zero-order chi connectivity index (χ0) is 14.2. The Kier molecular flexibility index (Phi) is 4.01. The highest BCUT2D eigenvalue weighted by atomic mass is 32.1. The molecule has 5 nitrogen and oxygen atoms in total. The number of hydrogen-bond donors (Lipinski definition) is 2. The van der Waals surface area contributed by atoms with Gasteiger partial charge in [0.2, 0.25) is 0 Å². The van der Waals surface area contributed by atoms with Crippen LogP contribution in [0.5, 0.6) is 0 Å². The molecule has 0 amide bonds. The summed E-state index contributed by atoms with van der Waals surface area (Å²) in [7, 11) is 1.96. The zero-order valence-electron chi connectivity index (χ0n) is 11.6. The smallest absolute Gasteiger partial charge is 0.161 e. The van der Waals surface area contributed by atoms with Gasteiger partial charge in [0.05, 0.1) is 17.4 Å². The molecule has 0 spiro atoms. The van der Waals surface area contributed by atoms with Crippen LogP contribution in [0.4, 0.5) is 5.82 Å². The highest BCUT2D eigenvalue weighted by Gasteiger charge is 2.29. The van der Waals surface area contributed by atoms with Crippen molar-refractivity contribution >= 4 is 23.0 Å². The third kappa shape index (κ3) is 2.84. The Balaban J connectivity index is 2.23. The molecule has 0 aromatic carbocycles. The first-order valence-corrected chi connectivity index (χ1v) is 6.83. The van der Waals surface area contributed by atoms with Crippen LogP contribution in [0.25, 0.3) is 0 Å². The van der Waals surface area contributed by atoms with Gasteiger partial charge in [-0.15, -0.1) is 5.10 Å². The molecule has 1 aromatic rings. The van der Waals surface area contributed by atoms with E-state index in [1.807, 2.05) is 25.8 Å². The van der Waals surface area contributed by atoms with Gasteiger partial charge in [-0.25, -0.2) is 0 Å². The average molecular weight is 280 g/mol. The first-order chi connectivity index (χ1) is 8.90. The number of nitrogens with zero attached hydrogens (tertiary/aromatic N) is 3. The van der Waals surface area contributed by atoms with Crippen molar-refractivity contribution < 1.29 is 5.11 Å². The number of aliphatic hydroxyl groups is 1. The fourth-order valence-corrected chi connectivity index (χ4v) is 2.73. The first kappa shape index (κ1) is 14.1. The molecule has 0 aliphatic heterocycles. The quantitative estimate of drug-likeness (QED) is 0.799. The predicted molar refractivity (Wildman–Crippen MR) is 79.4 cm³/mol.